The Morgan fingerprint density at radius 1 is 1.10 bits per heavy atom. The van der Waals surface area contributed by atoms with Gasteiger partial charge in [0.05, 0.1) is 4.90 Å². The van der Waals surface area contributed by atoms with Gasteiger partial charge in [-0.2, -0.15) is 4.31 Å². The summed E-state index contributed by atoms with van der Waals surface area (Å²) in [6, 6.07) is 13.1. The van der Waals surface area contributed by atoms with Crippen molar-refractivity contribution in [3.05, 3.63) is 42.5 Å². The lowest BCUT2D eigenvalue weighted by Crippen LogP contribution is -2.32. The van der Waals surface area contributed by atoms with E-state index in [9.17, 15) is 8.42 Å². The van der Waals surface area contributed by atoms with Crippen LogP contribution in [0.4, 0.5) is 0 Å². The van der Waals surface area contributed by atoms with E-state index in [0.29, 0.717) is 23.9 Å². The van der Waals surface area contributed by atoms with Crippen LogP contribution in [-0.2, 0) is 10.0 Å². The first kappa shape index (κ1) is 13.6. The van der Waals surface area contributed by atoms with Crippen LogP contribution in [0.2, 0.25) is 0 Å². The van der Waals surface area contributed by atoms with Crippen LogP contribution in [-0.4, -0.2) is 25.8 Å². The molecule has 0 bridgehead atoms. The fraction of sp³-hybridized carbons (Fsp3) is 0.375. The Balaban J connectivity index is 2.07. The average Bonchev–Trinajstić information content (AvgIpc) is 3.28. The third-order valence-electron chi connectivity index (χ3n) is 3.88. The second kappa shape index (κ2) is 5.19. The normalized spacial score (nSPS) is 15.9. The number of hydrogen-bond donors (Lipinski definition) is 0. The molecular weight excluding hydrogens is 270 g/mol. The number of rotatable bonds is 5. The third kappa shape index (κ3) is 2.45. The Hall–Kier alpha value is -1.39. The Morgan fingerprint density at radius 2 is 1.80 bits per heavy atom. The summed E-state index contributed by atoms with van der Waals surface area (Å²) >= 11 is 0. The quantitative estimate of drug-likeness (QED) is 0.847. The zero-order valence-electron chi connectivity index (χ0n) is 11.6. The van der Waals surface area contributed by atoms with Crippen LogP contribution in [0.5, 0.6) is 0 Å². The van der Waals surface area contributed by atoms with Gasteiger partial charge in [-0.15, -0.1) is 0 Å². The van der Waals surface area contributed by atoms with Gasteiger partial charge in [0.1, 0.15) is 0 Å². The minimum atomic E-state index is -3.40. The molecule has 3 nitrogen and oxygen atoms in total. The van der Waals surface area contributed by atoms with Gasteiger partial charge in [-0.25, -0.2) is 8.42 Å². The summed E-state index contributed by atoms with van der Waals surface area (Å²) in [4.78, 5) is 0.429. The first-order valence-electron chi connectivity index (χ1n) is 7.11. The van der Waals surface area contributed by atoms with E-state index in [-0.39, 0.29) is 0 Å². The van der Waals surface area contributed by atoms with E-state index in [2.05, 4.69) is 0 Å². The number of hydrogen-bond acceptors (Lipinski definition) is 2. The van der Waals surface area contributed by atoms with Crippen molar-refractivity contribution in [3.8, 4) is 0 Å². The predicted molar refractivity (Wildman–Crippen MR) is 81.1 cm³/mol. The van der Waals surface area contributed by atoms with Crippen LogP contribution in [0.3, 0.4) is 0 Å². The molecule has 0 aromatic heterocycles. The van der Waals surface area contributed by atoms with Crippen molar-refractivity contribution >= 4 is 20.8 Å². The molecule has 0 heterocycles. The maximum Gasteiger partial charge on any atom is 0.243 e. The van der Waals surface area contributed by atoms with Gasteiger partial charge in [0.2, 0.25) is 10.0 Å². The van der Waals surface area contributed by atoms with Crippen LogP contribution in [0.25, 0.3) is 10.8 Å². The summed E-state index contributed by atoms with van der Waals surface area (Å²) in [5.41, 5.74) is 0. The molecule has 4 heteroatoms. The Bertz CT molecular complexity index is 715. The van der Waals surface area contributed by atoms with Crippen molar-refractivity contribution in [2.45, 2.75) is 24.7 Å². The summed E-state index contributed by atoms with van der Waals surface area (Å²) in [5.74, 6) is 0.555. The van der Waals surface area contributed by atoms with Crippen molar-refractivity contribution < 1.29 is 8.42 Å². The minimum absolute atomic E-state index is 0.429. The van der Waals surface area contributed by atoms with Crippen molar-refractivity contribution in [2.24, 2.45) is 5.92 Å². The van der Waals surface area contributed by atoms with E-state index in [1.165, 1.54) is 0 Å². The molecule has 1 aliphatic carbocycles. The van der Waals surface area contributed by atoms with Crippen molar-refractivity contribution in [2.75, 3.05) is 13.1 Å². The Labute approximate surface area is 120 Å². The molecule has 0 amide bonds. The van der Waals surface area contributed by atoms with Crippen LogP contribution in [0.1, 0.15) is 19.8 Å². The predicted octanol–water partition coefficient (Wildman–Crippen LogP) is 3.26. The van der Waals surface area contributed by atoms with Gasteiger partial charge in [0.25, 0.3) is 0 Å². The summed E-state index contributed by atoms with van der Waals surface area (Å²) in [6.45, 7) is 3.09. The zero-order chi connectivity index (χ0) is 14.2. The highest BCUT2D eigenvalue weighted by molar-refractivity contribution is 7.89. The molecule has 2 aromatic carbocycles. The lowest BCUT2D eigenvalue weighted by atomic mass is 10.1. The van der Waals surface area contributed by atoms with E-state index >= 15 is 0 Å². The number of benzene rings is 2. The fourth-order valence-corrected chi connectivity index (χ4v) is 4.28. The van der Waals surface area contributed by atoms with E-state index in [0.717, 1.165) is 23.6 Å². The molecule has 0 radical (unpaired) electrons. The summed E-state index contributed by atoms with van der Waals surface area (Å²) in [6.07, 6.45) is 2.31. The minimum Gasteiger partial charge on any atom is -0.207 e. The van der Waals surface area contributed by atoms with E-state index in [1.807, 2.05) is 43.3 Å². The van der Waals surface area contributed by atoms with Gasteiger partial charge < -0.3 is 0 Å². The second-order valence-electron chi connectivity index (χ2n) is 5.38. The highest BCUT2D eigenvalue weighted by atomic mass is 32.2. The number of nitrogens with zero attached hydrogens (tertiary/aromatic N) is 1. The van der Waals surface area contributed by atoms with Gasteiger partial charge in [0, 0.05) is 18.5 Å². The SMILES string of the molecule is CCN(CC1CC1)S(=O)(=O)c1cccc2ccccc12. The highest BCUT2D eigenvalue weighted by Gasteiger charge is 2.31. The van der Waals surface area contributed by atoms with Crippen LogP contribution >= 0.6 is 0 Å². The maximum atomic E-state index is 12.9. The number of sulfonamides is 1. The lowest BCUT2D eigenvalue weighted by molar-refractivity contribution is 0.412. The molecule has 3 rings (SSSR count). The molecule has 1 aliphatic rings. The topological polar surface area (TPSA) is 37.4 Å². The third-order valence-corrected chi connectivity index (χ3v) is 5.88. The van der Waals surface area contributed by atoms with Crippen molar-refractivity contribution in [3.63, 3.8) is 0 Å². The van der Waals surface area contributed by atoms with Gasteiger partial charge >= 0.3 is 0 Å². The molecule has 20 heavy (non-hydrogen) atoms. The summed E-state index contributed by atoms with van der Waals surface area (Å²) in [7, 11) is -3.40. The average molecular weight is 289 g/mol. The molecule has 0 aliphatic heterocycles. The fourth-order valence-electron chi connectivity index (χ4n) is 2.55. The zero-order valence-corrected chi connectivity index (χ0v) is 12.4. The molecule has 0 saturated heterocycles. The molecule has 106 valence electrons. The first-order valence-corrected chi connectivity index (χ1v) is 8.55. The molecule has 1 saturated carbocycles. The first-order chi connectivity index (χ1) is 9.63. The molecule has 0 unspecified atom stereocenters. The van der Waals surface area contributed by atoms with Crippen LogP contribution in [0, 0.1) is 5.92 Å². The van der Waals surface area contributed by atoms with Gasteiger partial charge in [-0.3, -0.25) is 0 Å². The Kier molecular flexibility index (Phi) is 3.52. The van der Waals surface area contributed by atoms with Gasteiger partial charge in [-0.05, 0) is 30.2 Å². The molecule has 2 aromatic rings. The van der Waals surface area contributed by atoms with E-state index in [4.69, 9.17) is 0 Å². The lowest BCUT2D eigenvalue weighted by Gasteiger charge is -2.21. The van der Waals surface area contributed by atoms with E-state index in [1.54, 1.807) is 10.4 Å². The summed E-state index contributed by atoms with van der Waals surface area (Å²) in [5, 5.41) is 1.78. The summed E-state index contributed by atoms with van der Waals surface area (Å²) < 4.78 is 27.4. The van der Waals surface area contributed by atoms with Crippen LogP contribution < -0.4 is 0 Å². The molecule has 0 spiro atoms. The Morgan fingerprint density at radius 3 is 2.50 bits per heavy atom. The molecule has 0 atom stereocenters. The van der Waals surface area contributed by atoms with Gasteiger partial charge in [0.15, 0.2) is 0 Å². The van der Waals surface area contributed by atoms with Crippen molar-refractivity contribution in [1.29, 1.82) is 0 Å². The van der Waals surface area contributed by atoms with Crippen LogP contribution in [0.15, 0.2) is 47.4 Å². The van der Waals surface area contributed by atoms with Gasteiger partial charge in [-0.1, -0.05) is 43.3 Å². The molecule has 0 N–H and O–H groups in total. The highest BCUT2D eigenvalue weighted by Crippen LogP contribution is 2.32. The maximum absolute atomic E-state index is 12.9. The molecular formula is C16H19NO2S. The smallest absolute Gasteiger partial charge is 0.207 e. The van der Waals surface area contributed by atoms with E-state index < -0.39 is 10.0 Å². The largest absolute Gasteiger partial charge is 0.243 e. The van der Waals surface area contributed by atoms with Crippen molar-refractivity contribution in [1.82, 2.24) is 4.31 Å². The number of fused-ring (bicyclic) bond motifs is 1. The molecule has 1 fully saturated rings. The second-order valence-corrected chi connectivity index (χ2v) is 7.28. The standard InChI is InChI=1S/C16H19NO2S/c1-2-17(12-13-10-11-13)20(18,19)16-9-5-7-14-6-3-4-8-15(14)16/h3-9,13H,2,10-12H2,1H3. The monoisotopic (exact) mass is 289 g/mol.